The Morgan fingerprint density at radius 1 is 1.39 bits per heavy atom. The summed E-state index contributed by atoms with van der Waals surface area (Å²) in [6, 6.07) is 4.81. The number of hydrogen-bond donors (Lipinski definition) is 0. The molecule has 2 rings (SSSR count). The Labute approximate surface area is 109 Å². The molecule has 0 fully saturated rings. The Hall–Kier alpha value is -1.53. The summed E-state index contributed by atoms with van der Waals surface area (Å²) in [5.41, 5.74) is 1.12. The van der Waals surface area contributed by atoms with Gasteiger partial charge >= 0.3 is 0 Å². The maximum Gasteiger partial charge on any atom is 0.261 e. The number of halogens is 1. The molecule has 2 aromatic rings. The zero-order valence-corrected chi connectivity index (χ0v) is 11.4. The van der Waals surface area contributed by atoms with Crippen LogP contribution in [0.4, 0.5) is 0 Å². The van der Waals surface area contributed by atoms with Gasteiger partial charge in [-0.15, -0.1) is 0 Å². The first-order valence-electron chi connectivity index (χ1n) is 5.07. The van der Waals surface area contributed by atoms with Crippen molar-refractivity contribution < 1.29 is 13.2 Å². The van der Waals surface area contributed by atoms with Gasteiger partial charge in [-0.05, 0) is 25.1 Å². The van der Waals surface area contributed by atoms with Gasteiger partial charge in [0.2, 0.25) is 0 Å². The predicted octanol–water partition coefficient (Wildman–Crippen LogP) is 2.12. The highest BCUT2D eigenvalue weighted by molar-refractivity contribution is 8.13. The lowest BCUT2D eigenvalue weighted by molar-refractivity contribution is 0.407. The largest absolute Gasteiger partial charge is 0.494 e. The Bertz CT molecular complexity index is 666. The smallest absolute Gasteiger partial charge is 0.261 e. The summed E-state index contributed by atoms with van der Waals surface area (Å²) in [7, 11) is 3.05. The third-order valence-electron chi connectivity index (χ3n) is 2.55. The van der Waals surface area contributed by atoms with E-state index in [1.807, 2.05) is 0 Å². The van der Waals surface area contributed by atoms with Crippen LogP contribution in [0.25, 0.3) is 5.69 Å². The predicted molar refractivity (Wildman–Crippen MR) is 67.9 cm³/mol. The number of benzene rings is 1. The third-order valence-corrected chi connectivity index (χ3v) is 4.02. The second-order valence-electron chi connectivity index (χ2n) is 3.63. The molecule has 0 saturated heterocycles. The van der Waals surface area contributed by atoms with Gasteiger partial charge in [0.15, 0.2) is 0 Å². The van der Waals surface area contributed by atoms with Crippen molar-refractivity contribution in [2.45, 2.75) is 11.8 Å². The lowest BCUT2D eigenvalue weighted by Gasteiger charge is -2.13. The maximum atomic E-state index is 11.4. The maximum absolute atomic E-state index is 11.4. The Morgan fingerprint density at radius 3 is 2.61 bits per heavy atom. The highest BCUT2D eigenvalue weighted by atomic mass is 35.7. The van der Waals surface area contributed by atoms with Crippen molar-refractivity contribution in [2.75, 3.05) is 7.11 Å². The van der Waals surface area contributed by atoms with Crippen LogP contribution in [0.3, 0.4) is 0 Å². The van der Waals surface area contributed by atoms with E-state index in [9.17, 15) is 8.42 Å². The summed E-state index contributed by atoms with van der Waals surface area (Å²) in [6.07, 6.45) is 3.37. The van der Waals surface area contributed by atoms with E-state index < -0.39 is 9.05 Å². The first-order chi connectivity index (χ1) is 8.45. The number of nitrogens with zero attached hydrogens (tertiary/aromatic N) is 2. The fourth-order valence-electron chi connectivity index (χ4n) is 1.77. The average Bonchev–Trinajstić information content (AvgIpc) is 2.79. The summed E-state index contributed by atoms with van der Waals surface area (Å²) in [5.74, 6) is 0.431. The molecule has 0 amide bonds. The Kier molecular flexibility index (Phi) is 3.32. The van der Waals surface area contributed by atoms with E-state index in [0.29, 0.717) is 17.0 Å². The van der Waals surface area contributed by atoms with Crippen LogP contribution in [0.1, 0.15) is 5.56 Å². The molecule has 1 aromatic carbocycles. The van der Waals surface area contributed by atoms with Gasteiger partial charge in [0.1, 0.15) is 11.4 Å². The fourth-order valence-corrected chi connectivity index (χ4v) is 2.96. The van der Waals surface area contributed by atoms with Crippen molar-refractivity contribution in [2.24, 2.45) is 0 Å². The SMILES string of the molecule is COc1c(-n2cccn2)ccc(S(=O)(=O)Cl)c1C. The van der Waals surface area contributed by atoms with Gasteiger partial charge in [0, 0.05) is 28.6 Å². The quantitative estimate of drug-likeness (QED) is 0.811. The minimum atomic E-state index is -3.79. The summed E-state index contributed by atoms with van der Waals surface area (Å²) < 4.78 is 29.7. The van der Waals surface area contributed by atoms with Crippen molar-refractivity contribution in [3.05, 3.63) is 36.2 Å². The zero-order chi connectivity index (χ0) is 13.3. The Balaban J connectivity index is 2.70. The highest BCUT2D eigenvalue weighted by Gasteiger charge is 2.19. The fraction of sp³-hybridized carbons (Fsp3) is 0.182. The molecule has 7 heteroatoms. The van der Waals surface area contributed by atoms with Gasteiger partial charge in [-0.1, -0.05) is 0 Å². The minimum Gasteiger partial charge on any atom is -0.494 e. The summed E-state index contributed by atoms with van der Waals surface area (Å²) in [6.45, 7) is 1.64. The summed E-state index contributed by atoms with van der Waals surface area (Å²) in [4.78, 5) is 0.0388. The molecule has 0 unspecified atom stereocenters. The molecule has 0 aliphatic rings. The van der Waals surface area contributed by atoms with Gasteiger partial charge in [0.05, 0.1) is 12.0 Å². The summed E-state index contributed by atoms with van der Waals surface area (Å²) in [5, 5.41) is 4.08. The standard InChI is InChI=1S/C11H11ClN2O3S/c1-8-10(18(12,15)16)5-4-9(11(8)17-2)14-7-3-6-13-14/h3-7H,1-2H3. The molecular formula is C11H11ClN2O3S. The first kappa shape index (κ1) is 12.9. The average molecular weight is 287 g/mol. The molecule has 18 heavy (non-hydrogen) atoms. The van der Waals surface area contributed by atoms with Crippen LogP contribution in [0.2, 0.25) is 0 Å². The number of aromatic nitrogens is 2. The number of methoxy groups -OCH3 is 1. The lowest BCUT2D eigenvalue weighted by Crippen LogP contribution is -2.04. The van der Waals surface area contributed by atoms with Crippen LogP contribution in [-0.2, 0) is 9.05 Å². The van der Waals surface area contributed by atoms with Crippen molar-refractivity contribution in [1.82, 2.24) is 9.78 Å². The molecule has 0 saturated carbocycles. The van der Waals surface area contributed by atoms with Crippen LogP contribution in [0.5, 0.6) is 5.75 Å². The van der Waals surface area contributed by atoms with E-state index >= 15 is 0 Å². The van der Waals surface area contributed by atoms with E-state index in [1.165, 1.54) is 13.2 Å². The number of ether oxygens (including phenoxy) is 1. The van der Waals surface area contributed by atoms with Crippen LogP contribution in [0.15, 0.2) is 35.5 Å². The summed E-state index contributed by atoms with van der Waals surface area (Å²) >= 11 is 0. The number of rotatable bonds is 3. The van der Waals surface area contributed by atoms with Crippen LogP contribution >= 0.6 is 10.7 Å². The second-order valence-corrected chi connectivity index (χ2v) is 6.16. The second kappa shape index (κ2) is 4.62. The molecule has 96 valence electrons. The van der Waals surface area contributed by atoms with Crippen LogP contribution in [-0.4, -0.2) is 25.3 Å². The molecule has 0 radical (unpaired) electrons. The van der Waals surface area contributed by atoms with Crippen LogP contribution < -0.4 is 4.74 Å². The van der Waals surface area contributed by atoms with Gasteiger partial charge < -0.3 is 4.74 Å². The number of hydrogen-bond acceptors (Lipinski definition) is 4. The van der Waals surface area contributed by atoms with Gasteiger partial charge in [0.25, 0.3) is 9.05 Å². The minimum absolute atomic E-state index is 0.0388. The van der Waals surface area contributed by atoms with E-state index in [1.54, 1.807) is 36.1 Å². The molecule has 1 heterocycles. The molecule has 0 bridgehead atoms. The van der Waals surface area contributed by atoms with Gasteiger partial charge in [-0.2, -0.15) is 5.10 Å². The van der Waals surface area contributed by atoms with Crippen molar-refractivity contribution in [1.29, 1.82) is 0 Å². The van der Waals surface area contributed by atoms with Crippen LogP contribution in [0, 0.1) is 6.92 Å². The van der Waals surface area contributed by atoms with Crippen molar-refractivity contribution >= 4 is 19.7 Å². The molecule has 0 spiro atoms. The molecule has 5 nitrogen and oxygen atoms in total. The molecule has 0 N–H and O–H groups in total. The molecule has 0 aliphatic heterocycles. The van der Waals surface area contributed by atoms with Crippen molar-refractivity contribution in [3.8, 4) is 11.4 Å². The molecule has 0 atom stereocenters. The zero-order valence-electron chi connectivity index (χ0n) is 9.79. The molecular weight excluding hydrogens is 276 g/mol. The van der Waals surface area contributed by atoms with Crippen molar-refractivity contribution in [3.63, 3.8) is 0 Å². The highest BCUT2D eigenvalue weighted by Crippen LogP contribution is 2.32. The van der Waals surface area contributed by atoms with E-state index in [4.69, 9.17) is 15.4 Å². The normalized spacial score (nSPS) is 11.5. The molecule has 0 aliphatic carbocycles. The lowest BCUT2D eigenvalue weighted by atomic mass is 10.2. The van der Waals surface area contributed by atoms with Gasteiger partial charge in [-0.25, -0.2) is 13.1 Å². The van der Waals surface area contributed by atoms with E-state index in [-0.39, 0.29) is 4.90 Å². The first-order valence-corrected chi connectivity index (χ1v) is 7.38. The van der Waals surface area contributed by atoms with E-state index in [0.717, 1.165) is 0 Å². The molecule has 1 aromatic heterocycles. The Morgan fingerprint density at radius 2 is 2.11 bits per heavy atom. The van der Waals surface area contributed by atoms with E-state index in [2.05, 4.69) is 5.10 Å². The monoisotopic (exact) mass is 286 g/mol. The topological polar surface area (TPSA) is 61.2 Å². The third kappa shape index (κ3) is 2.21. The van der Waals surface area contributed by atoms with Gasteiger partial charge in [-0.3, -0.25) is 0 Å².